The van der Waals surface area contributed by atoms with Crippen molar-refractivity contribution >= 4 is 11.5 Å². The van der Waals surface area contributed by atoms with E-state index in [1.165, 1.54) is 11.3 Å². The molecule has 0 saturated carbocycles. The van der Waals surface area contributed by atoms with Gasteiger partial charge in [-0.05, 0) is 57.0 Å². The lowest BCUT2D eigenvalue weighted by Gasteiger charge is -2.42. The monoisotopic (exact) mass is 355 g/mol. The molecule has 4 nitrogen and oxygen atoms in total. The summed E-state index contributed by atoms with van der Waals surface area (Å²) in [5.41, 5.74) is 5.24. The molecule has 132 valence electrons. The maximum atomic E-state index is 9.52. The number of hydrogen-bond acceptors (Lipinski definition) is 4. The zero-order valence-electron chi connectivity index (χ0n) is 15.3. The molecule has 1 aliphatic heterocycles. The van der Waals surface area contributed by atoms with Crippen molar-refractivity contribution in [1.29, 1.82) is 5.26 Å². The fourth-order valence-corrected chi connectivity index (χ4v) is 3.52. The molecule has 1 fully saturated rings. The van der Waals surface area contributed by atoms with Crippen LogP contribution in [-0.4, -0.2) is 30.7 Å². The van der Waals surface area contributed by atoms with Crippen molar-refractivity contribution in [2.75, 3.05) is 29.4 Å². The van der Waals surface area contributed by atoms with Crippen molar-refractivity contribution in [3.05, 3.63) is 52.7 Å². The number of halogens is 1. The molecule has 1 aromatic heterocycles. The van der Waals surface area contributed by atoms with E-state index in [4.69, 9.17) is 0 Å². The number of nitriles is 1. The van der Waals surface area contributed by atoms with Gasteiger partial charge in [0.25, 0.3) is 0 Å². The standard InChI is InChI=1S/C20H24N4.ClH/c1-14-6-5-7-18(10-14)24-9-8-23(13-17(24)4)20-19(12-21)15(2)11-16(3)22-20;/h5-7,10-11,17H,8-9,13H2,1-4H3;1H/p-1. The summed E-state index contributed by atoms with van der Waals surface area (Å²) in [5.74, 6) is 0.839. The molecular weight excluding hydrogens is 332 g/mol. The first-order chi connectivity index (χ1) is 11.5. The highest BCUT2D eigenvalue weighted by Crippen LogP contribution is 2.27. The minimum Gasteiger partial charge on any atom is -1.00 e. The Kier molecular flexibility index (Phi) is 5.92. The van der Waals surface area contributed by atoms with Crippen LogP contribution in [0.1, 0.15) is 29.3 Å². The highest BCUT2D eigenvalue weighted by atomic mass is 35.5. The molecule has 1 atom stereocenters. The Morgan fingerprint density at radius 2 is 1.92 bits per heavy atom. The first-order valence-corrected chi connectivity index (χ1v) is 8.46. The van der Waals surface area contributed by atoms with Crippen LogP contribution in [0.4, 0.5) is 11.5 Å². The number of benzene rings is 1. The van der Waals surface area contributed by atoms with Crippen LogP contribution in [0, 0.1) is 32.1 Å². The topological polar surface area (TPSA) is 43.2 Å². The van der Waals surface area contributed by atoms with Crippen LogP contribution < -0.4 is 22.2 Å². The summed E-state index contributed by atoms with van der Waals surface area (Å²) in [5, 5.41) is 9.52. The Morgan fingerprint density at radius 1 is 1.16 bits per heavy atom. The normalized spacial score (nSPS) is 17.0. The molecule has 0 bridgehead atoms. The van der Waals surface area contributed by atoms with Gasteiger partial charge in [-0.3, -0.25) is 0 Å². The van der Waals surface area contributed by atoms with Gasteiger partial charge in [0, 0.05) is 37.1 Å². The van der Waals surface area contributed by atoms with Gasteiger partial charge < -0.3 is 22.2 Å². The van der Waals surface area contributed by atoms with Gasteiger partial charge in [-0.25, -0.2) is 4.98 Å². The molecule has 2 heterocycles. The van der Waals surface area contributed by atoms with Gasteiger partial charge in [0.1, 0.15) is 11.9 Å². The number of piperazine rings is 1. The predicted octanol–water partition coefficient (Wildman–Crippen LogP) is 0.598. The number of pyridine rings is 1. The molecule has 0 radical (unpaired) electrons. The minimum absolute atomic E-state index is 0. The van der Waals surface area contributed by atoms with E-state index in [1.54, 1.807) is 0 Å². The van der Waals surface area contributed by atoms with Crippen molar-refractivity contribution < 1.29 is 12.4 Å². The molecule has 25 heavy (non-hydrogen) atoms. The van der Waals surface area contributed by atoms with Crippen LogP contribution in [-0.2, 0) is 0 Å². The van der Waals surface area contributed by atoms with Crippen molar-refractivity contribution in [3.8, 4) is 6.07 Å². The summed E-state index contributed by atoms with van der Waals surface area (Å²) >= 11 is 0. The first-order valence-electron chi connectivity index (χ1n) is 8.46. The van der Waals surface area contributed by atoms with E-state index in [2.05, 4.69) is 59.0 Å². The van der Waals surface area contributed by atoms with Crippen LogP contribution in [0.25, 0.3) is 0 Å². The molecule has 0 amide bonds. The van der Waals surface area contributed by atoms with Crippen LogP contribution in [0.2, 0.25) is 0 Å². The number of nitrogens with zero attached hydrogens (tertiary/aromatic N) is 4. The fourth-order valence-electron chi connectivity index (χ4n) is 3.52. The van der Waals surface area contributed by atoms with E-state index < -0.39 is 0 Å². The number of anilines is 2. The van der Waals surface area contributed by atoms with E-state index in [-0.39, 0.29) is 12.4 Å². The molecule has 0 N–H and O–H groups in total. The van der Waals surface area contributed by atoms with Crippen molar-refractivity contribution in [2.45, 2.75) is 33.7 Å². The average molecular weight is 356 g/mol. The van der Waals surface area contributed by atoms with E-state index in [0.29, 0.717) is 11.6 Å². The van der Waals surface area contributed by atoms with E-state index in [0.717, 1.165) is 36.7 Å². The molecular formula is C20H24ClN4-. The summed E-state index contributed by atoms with van der Waals surface area (Å²) in [6.45, 7) is 11.0. The summed E-state index contributed by atoms with van der Waals surface area (Å²) < 4.78 is 0. The molecule has 0 aliphatic carbocycles. The second-order valence-corrected chi connectivity index (χ2v) is 6.72. The van der Waals surface area contributed by atoms with E-state index >= 15 is 0 Å². The number of aryl methyl sites for hydroxylation is 3. The lowest BCUT2D eigenvalue weighted by Crippen LogP contribution is -3.00. The molecule has 0 spiro atoms. The van der Waals surface area contributed by atoms with Gasteiger partial charge in [0.15, 0.2) is 0 Å². The number of aromatic nitrogens is 1. The maximum Gasteiger partial charge on any atom is 0.147 e. The van der Waals surface area contributed by atoms with Gasteiger partial charge in [0.2, 0.25) is 0 Å². The van der Waals surface area contributed by atoms with Gasteiger partial charge >= 0.3 is 0 Å². The Balaban J connectivity index is 0.00000225. The molecule has 2 aromatic rings. The molecule has 1 aliphatic rings. The lowest BCUT2D eigenvalue weighted by atomic mass is 10.1. The molecule has 1 saturated heterocycles. The van der Waals surface area contributed by atoms with Crippen LogP contribution in [0.15, 0.2) is 30.3 Å². The third-order valence-corrected chi connectivity index (χ3v) is 4.70. The largest absolute Gasteiger partial charge is 1.00 e. The predicted molar refractivity (Wildman–Crippen MR) is 98.6 cm³/mol. The third-order valence-electron chi connectivity index (χ3n) is 4.70. The van der Waals surface area contributed by atoms with Crippen molar-refractivity contribution in [1.82, 2.24) is 4.98 Å². The highest BCUT2D eigenvalue weighted by molar-refractivity contribution is 5.60. The maximum absolute atomic E-state index is 9.52. The summed E-state index contributed by atoms with van der Waals surface area (Å²) in [7, 11) is 0. The molecule has 1 aromatic carbocycles. The number of hydrogen-bond donors (Lipinski definition) is 0. The SMILES string of the molecule is Cc1cccc(N2CCN(c3nc(C)cc(C)c3C#N)CC2C)c1.[Cl-]. The van der Waals surface area contributed by atoms with E-state index in [9.17, 15) is 5.26 Å². The fraction of sp³-hybridized carbons (Fsp3) is 0.400. The Labute approximate surface area is 156 Å². The second kappa shape index (κ2) is 7.76. The summed E-state index contributed by atoms with van der Waals surface area (Å²) in [6.07, 6.45) is 0. The quantitative estimate of drug-likeness (QED) is 0.791. The van der Waals surface area contributed by atoms with Gasteiger partial charge in [-0.15, -0.1) is 0 Å². The second-order valence-electron chi connectivity index (χ2n) is 6.72. The summed E-state index contributed by atoms with van der Waals surface area (Å²) in [6, 6.07) is 13.3. The van der Waals surface area contributed by atoms with Gasteiger partial charge in [-0.2, -0.15) is 5.26 Å². The first kappa shape index (κ1) is 19.1. The Morgan fingerprint density at radius 3 is 2.56 bits per heavy atom. The summed E-state index contributed by atoms with van der Waals surface area (Å²) in [4.78, 5) is 9.36. The zero-order valence-corrected chi connectivity index (χ0v) is 16.0. The number of rotatable bonds is 2. The van der Waals surface area contributed by atoms with Gasteiger partial charge in [-0.1, -0.05) is 12.1 Å². The van der Waals surface area contributed by atoms with Gasteiger partial charge in [0.05, 0.1) is 5.56 Å². The van der Waals surface area contributed by atoms with Crippen LogP contribution in [0.5, 0.6) is 0 Å². The highest BCUT2D eigenvalue weighted by Gasteiger charge is 2.26. The Bertz CT molecular complexity index is 797. The smallest absolute Gasteiger partial charge is 0.147 e. The van der Waals surface area contributed by atoms with Crippen molar-refractivity contribution in [3.63, 3.8) is 0 Å². The lowest BCUT2D eigenvalue weighted by molar-refractivity contribution is -0.00000547. The molecule has 1 unspecified atom stereocenters. The van der Waals surface area contributed by atoms with Crippen LogP contribution in [0.3, 0.4) is 0 Å². The average Bonchev–Trinajstić information content (AvgIpc) is 2.54. The Hall–Kier alpha value is -2.25. The minimum atomic E-state index is 0. The third kappa shape index (κ3) is 3.88. The van der Waals surface area contributed by atoms with E-state index in [1.807, 2.05) is 19.9 Å². The van der Waals surface area contributed by atoms with Crippen molar-refractivity contribution in [2.24, 2.45) is 0 Å². The zero-order chi connectivity index (χ0) is 17.3. The molecule has 5 heteroatoms. The molecule has 3 rings (SSSR count). The van der Waals surface area contributed by atoms with Crippen LogP contribution >= 0.6 is 0 Å².